The van der Waals surface area contributed by atoms with Crippen molar-refractivity contribution in [3.8, 4) is 0 Å². The molecule has 0 aromatic rings. The Morgan fingerprint density at radius 3 is 2.63 bits per heavy atom. The highest BCUT2D eigenvalue weighted by Gasteiger charge is 2.33. The van der Waals surface area contributed by atoms with E-state index in [1.807, 2.05) is 6.92 Å². The van der Waals surface area contributed by atoms with Crippen LogP contribution in [0.5, 0.6) is 0 Å². The van der Waals surface area contributed by atoms with Crippen LogP contribution in [-0.4, -0.2) is 60.9 Å². The van der Waals surface area contributed by atoms with Crippen molar-refractivity contribution in [2.45, 2.75) is 51.1 Å². The van der Waals surface area contributed by atoms with Crippen molar-refractivity contribution in [2.24, 2.45) is 0 Å². The van der Waals surface area contributed by atoms with Crippen LogP contribution in [0.2, 0.25) is 0 Å². The molecule has 1 aliphatic carbocycles. The van der Waals surface area contributed by atoms with Gasteiger partial charge in [-0.15, -0.1) is 0 Å². The Kier molecular flexibility index (Phi) is 6.75. The number of ether oxygens (including phenoxy) is 1. The first-order valence-electron chi connectivity index (χ1n) is 7.25. The fraction of sp³-hybridized carbons (Fsp3) is 0.929. The van der Waals surface area contributed by atoms with Gasteiger partial charge in [0.05, 0.1) is 6.61 Å². The zero-order valence-corrected chi connectivity index (χ0v) is 12.4. The van der Waals surface area contributed by atoms with Gasteiger partial charge in [-0.1, -0.05) is 6.92 Å². The first-order chi connectivity index (χ1) is 9.03. The summed E-state index contributed by atoms with van der Waals surface area (Å²) >= 11 is 0. The summed E-state index contributed by atoms with van der Waals surface area (Å²) < 4.78 is 5.13. The Morgan fingerprint density at radius 2 is 2.16 bits per heavy atom. The molecule has 1 atom stereocenters. The average Bonchev–Trinajstić information content (AvgIpc) is 3.18. The number of methoxy groups -OCH3 is 1. The quantitative estimate of drug-likeness (QED) is 0.594. The van der Waals surface area contributed by atoms with Crippen LogP contribution in [0.3, 0.4) is 0 Å². The van der Waals surface area contributed by atoms with E-state index in [2.05, 4.69) is 10.2 Å². The second-order valence-electron chi connectivity index (χ2n) is 5.53. The molecule has 0 bridgehead atoms. The number of rotatable bonds is 11. The maximum Gasteiger partial charge on any atom is 0.323 e. The van der Waals surface area contributed by atoms with Crippen molar-refractivity contribution in [2.75, 3.05) is 33.4 Å². The summed E-state index contributed by atoms with van der Waals surface area (Å²) in [6, 6.07) is 0.699. The molecular weight excluding hydrogens is 244 g/mol. The van der Waals surface area contributed by atoms with E-state index in [0.717, 1.165) is 26.1 Å². The lowest BCUT2D eigenvalue weighted by Gasteiger charge is -2.28. The molecule has 5 nitrogen and oxygen atoms in total. The van der Waals surface area contributed by atoms with E-state index in [-0.39, 0.29) is 0 Å². The van der Waals surface area contributed by atoms with Gasteiger partial charge < -0.3 is 15.2 Å². The number of aliphatic carboxylic acids is 1. The van der Waals surface area contributed by atoms with Gasteiger partial charge in [-0.25, -0.2) is 0 Å². The maximum atomic E-state index is 11.3. The van der Waals surface area contributed by atoms with Gasteiger partial charge in [-0.05, 0) is 45.7 Å². The lowest BCUT2D eigenvalue weighted by Crippen LogP contribution is -2.49. The highest BCUT2D eigenvalue weighted by Crippen LogP contribution is 2.27. The summed E-state index contributed by atoms with van der Waals surface area (Å²) in [5.41, 5.74) is -0.800. The molecule has 1 rings (SSSR count). The number of carbonyl (C=O) groups is 1. The summed E-state index contributed by atoms with van der Waals surface area (Å²) in [6.07, 6.45) is 4.10. The van der Waals surface area contributed by atoms with Crippen molar-refractivity contribution in [3.63, 3.8) is 0 Å². The van der Waals surface area contributed by atoms with Gasteiger partial charge in [0.1, 0.15) is 5.54 Å². The van der Waals surface area contributed by atoms with Crippen LogP contribution < -0.4 is 5.32 Å². The summed E-state index contributed by atoms with van der Waals surface area (Å²) in [7, 11) is 1.72. The molecule has 0 aliphatic heterocycles. The molecule has 19 heavy (non-hydrogen) atoms. The smallest absolute Gasteiger partial charge is 0.323 e. The molecule has 112 valence electrons. The number of hydrogen-bond acceptors (Lipinski definition) is 4. The minimum absolute atomic E-state index is 0.659. The Balaban J connectivity index is 2.34. The largest absolute Gasteiger partial charge is 0.480 e. The van der Waals surface area contributed by atoms with E-state index in [1.165, 1.54) is 12.8 Å². The SMILES string of the molecule is CCNC(C)(CCCN(CCOC)C1CC1)C(=O)O. The zero-order chi connectivity index (χ0) is 14.3. The van der Waals surface area contributed by atoms with E-state index in [9.17, 15) is 9.90 Å². The van der Waals surface area contributed by atoms with E-state index in [1.54, 1.807) is 14.0 Å². The molecule has 0 aromatic heterocycles. The van der Waals surface area contributed by atoms with Crippen molar-refractivity contribution in [1.82, 2.24) is 10.2 Å². The summed E-state index contributed by atoms with van der Waals surface area (Å²) in [5, 5.41) is 12.4. The topological polar surface area (TPSA) is 61.8 Å². The molecular formula is C14H28N2O3. The molecule has 0 amide bonds. The number of carboxylic acids is 1. The van der Waals surface area contributed by atoms with E-state index in [4.69, 9.17) is 4.74 Å². The second-order valence-corrected chi connectivity index (χ2v) is 5.53. The second kappa shape index (κ2) is 7.82. The third-order valence-electron chi connectivity index (χ3n) is 3.81. The molecule has 0 heterocycles. The molecule has 0 radical (unpaired) electrons. The molecule has 5 heteroatoms. The Morgan fingerprint density at radius 1 is 1.47 bits per heavy atom. The van der Waals surface area contributed by atoms with E-state index >= 15 is 0 Å². The summed E-state index contributed by atoms with van der Waals surface area (Å²) in [5.74, 6) is -0.760. The minimum Gasteiger partial charge on any atom is -0.480 e. The minimum atomic E-state index is -0.800. The lowest BCUT2D eigenvalue weighted by molar-refractivity contribution is -0.144. The van der Waals surface area contributed by atoms with Gasteiger partial charge in [0.15, 0.2) is 0 Å². The van der Waals surface area contributed by atoms with Gasteiger partial charge in [-0.2, -0.15) is 0 Å². The van der Waals surface area contributed by atoms with Crippen LogP contribution in [0.4, 0.5) is 0 Å². The van der Waals surface area contributed by atoms with Crippen LogP contribution in [0.25, 0.3) is 0 Å². The van der Waals surface area contributed by atoms with Crippen LogP contribution in [0, 0.1) is 0 Å². The number of nitrogens with zero attached hydrogens (tertiary/aromatic N) is 1. The van der Waals surface area contributed by atoms with Crippen molar-refractivity contribution in [3.05, 3.63) is 0 Å². The number of carboxylic acid groups (broad SMARTS) is 1. The van der Waals surface area contributed by atoms with E-state index in [0.29, 0.717) is 19.0 Å². The summed E-state index contributed by atoms with van der Waals surface area (Å²) in [4.78, 5) is 13.7. The van der Waals surface area contributed by atoms with Crippen LogP contribution in [0.15, 0.2) is 0 Å². The number of nitrogens with one attached hydrogen (secondary N) is 1. The van der Waals surface area contributed by atoms with Gasteiger partial charge in [-0.3, -0.25) is 9.69 Å². The fourth-order valence-electron chi connectivity index (χ4n) is 2.42. The molecule has 1 aliphatic rings. The molecule has 0 saturated heterocycles. The Labute approximate surface area is 116 Å². The molecule has 0 spiro atoms. The standard InChI is InChI=1S/C14H28N2O3/c1-4-15-14(2,13(17)18)8-5-9-16(10-11-19-3)12-6-7-12/h12,15H,4-11H2,1-3H3,(H,17,18). The molecule has 1 fully saturated rings. The van der Waals surface area contributed by atoms with Gasteiger partial charge >= 0.3 is 5.97 Å². The monoisotopic (exact) mass is 272 g/mol. The van der Waals surface area contributed by atoms with Crippen LogP contribution in [-0.2, 0) is 9.53 Å². The van der Waals surface area contributed by atoms with Crippen LogP contribution in [0.1, 0.15) is 39.5 Å². The zero-order valence-electron chi connectivity index (χ0n) is 12.4. The van der Waals surface area contributed by atoms with Gasteiger partial charge in [0, 0.05) is 19.7 Å². The first kappa shape index (κ1) is 16.4. The highest BCUT2D eigenvalue weighted by atomic mass is 16.5. The van der Waals surface area contributed by atoms with Gasteiger partial charge in [0.2, 0.25) is 0 Å². The third kappa shape index (κ3) is 5.47. The van der Waals surface area contributed by atoms with Gasteiger partial charge in [0.25, 0.3) is 0 Å². The summed E-state index contributed by atoms with van der Waals surface area (Å²) in [6.45, 7) is 7.05. The highest BCUT2D eigenvalue weighted by molar-refractivity contribution is 5.78. The predicted octanol–water partition coefficient (Wildman–Crippen LogP) is 1.33. The molecule has 0 aromatic carbocycles. The third-order valence-corrected chi connectivity index (χ3v) is 3.81. The maximum absolute atomic E-state index is 11.3. The van der Waals surface area contributed by atoms with E-state index < -0.39 is 11.5 Å². The molecule has 1 saturated carbocycles. The first-order valence-corrected chi connectivity index (χ1v) is 7.25. The van der Waals surface area contributed by atoms with Crippen molar-refractivity contribution >= 4 is 5.97 Å². The number of hydrogen-bond donors (Lipinski definition) is 2. The predicted molar refractivity (Wildman–Crippen MR) is 75.4 cm³/mol. The van der Waals surface area contributed by atoms with Crippen molar-refractivity contribution < 1.29 is 14.6 Å². The molecule has 1 unspecified atom stereocenters. The molecule has 2 N–H and O–H groups in total. The van der Waals surface area contributed by atoms with Crippen LogP contribution >= 0.6 is 0 Å². The average molecular weight is 272 g/mol. The van der Waals surface area contributed by atoms with Crippen molar-refractivity contribution in [1.29, 1.82) is 0 Å². The Hall–Kier alpha value is -0.650. The Bertz CT molecular complexity index is 282. The normalized spacial score (nSPS) is 18.5. The number of likely N-dealkylation sites (N-methyl/N-ethyl adjacent to an activating group) is 1. The fourth-order valence-corrected chi connectivity index (χ4v) is 2.42. The lowest BCUT2D eigenvalue weighted by atomic mass is 9.95.